The lowest BCUT2D eigenvalue weighted by molar-refractivity contribution is -0.108. The Morgan fingerprint density at radius 2 is 1.90 bits per heavy atom. The van der Waals surface area contributed by atoms with E-state index in [2.05, 4.69) is 21.9 Å². The Kier molecular flexibility index (Phi) is 9.68. The number of likely N-dealkylation sites (N-methyl/N-ethyl adjacent to an activating group) is 1. The third-order valence-corrected chi connectivity index (χ3v) is 7.31. The smallest absolute Gasteiger partial charge is 0.225 e. The monoisotopic (exact) mass is 447 g/mol. The zero-order valence-corrected chi connectivity index (χ0v) is 20.1. The number of morpholine rings is 1. The van der Waals surface area contributed by atoms with Crippen LogP contribution in [-0.2, 0) is 16.0 Å². The Bertz CT molecular complexity index is 814. The summed E-state index contributed by atoms with van der Waals surface area (Å²) in [6, 6.07) is 0. The summed E-state index contributed by atoms with van der Waals surface area (Å²) in [5.41, 5.74) is 1.29. The van der Waals surface area contributed by atoms with Gasteiger partial charge in [-0.1, -0.05) is 20.3 Å². The third-order valence-electron chi connectivity index (χ3n) is 6.14. The van der Waals surface area contributed by atoms with Crippen LogP contribution in [0.1, 0.15) is 75.2 Å². The van der Waals surface area contributed by atoms with Gasteiger partial charge in [0.05, 0.1) is 18.6 Å². The van der Waals surface area contributed by atoms with Gasteiger partial charge in [-0.15, -0.1) is 11.3 Å². The van der Waals surface area contributed by atoms with Crippen LogP contribution in [0.3, 0.4) is 0 Å². The minimum atomic E-state index is 0.285. The van der Waals surface area contributed by atoms with Gasteiger partial charge in [0.2, 0.25) is 5.88 Å². The first kappa shape index (κ1) is 24.1. The lowest BCUT2D eigenvalue weighted by atomic mass is 9.97. The summed E-state index contributed by atoms with van der Waals surface area (Å²) in [6.07, 6.45) is 11.7. The number of hydrogen-bond acceptors (Lipinski definition) is 7. The molecular formula is C24H37N3O3S. The number of rotatable bonds is 4. The van der Waals surface area contributed by atoms with E-state index in [-0.39, 0.29) is 6.10 Å². The lowest BCUT2D eigenvalue weighted by Crippen LogP contribution is -2.32. The van der Waals surface area contributed by atoms with Gasteiger partial charge in [0.25, 0.3) is 0 Å². The molecule has 31 heavy (non-hydrogen) atoms. The van der Waals surface area contributed by atoms with Gasteiger partial charge in [-0.25, -0.2) is 9.97 Å². The molecular weight excluding hydrogens is 410 g/mol. The molecule has 6 nitrogen and oxygen atoms in total. The molecule has 172 valence electrons. The second kappa shape index (κ2) is 12.5. The summed E-state index contributed by atoms with van der Waals surface area (Å²) in [4.78, 5) is 24.5. The second-order valence-electron chi connectivity index (χ2n) is 8.23. The number of fused-ring (bicyclic) bond motifs is 3. The summed E-state index contributed by atoms with van der Waals surface area (Å²) in [7, 11) is 2.11. The van der Waals surface area contributed by atoms with E-state index in [9.17, 15) is 4.79 Å². The molecule has 1 saturated heterocycles. The van der Waals surface area contributed by atoms with Crippen molar-refractivity contribution in [2.75, 3.05) is 33.4 Å². The van der Waals surface area contributed by atoms with Crippen LogP contribution >= 0.6 is 11.3 Å². The highest BCUT2D eigenvalue weighted by atomic mass is 32.1. The molecule has 1 atom stereocenters. The summed E-state index contributed by atoms with van der Waals surface area (Å²) >= 11 is 1.75. The normalized spacial score (nSPS) is 21.5. The van der Waals surface area contributed by atoms with Gasteiger partial charge in [-0.2, -0.15) is 0 Å². The predicted molar refractivity (Wildman–Crippen MR) is 126 cm³/mol. The first-order valence-corrected chi connectivity index (χ1v) is 12.7. The number of thiophene rings is 1. The summed E-state index contributed by atoms with van der Waals surface area (Å²) < 4.78 is 11.3. The van der Waals surface area contributed by atoms with Crippen molar-refractivity contribution < 1.29 is 14.3 Å². The standard InChI is InChI=1S/C17H20N2O2S.C5H11NO.C2H6/c20-9-8-11-6-7-13-14(11)15-16(18-10-19-17(15)22-13)21-12-4-2-1-3-5-12;1-6-2-4-7-5-3-6;1-2/h9-12H,1-8H2;2-5H2,1H3;1-2H3/t11-;;/m1../s1. The molecule has 0 unspecified atom stereocenters. The van der Waals surface area contributed by atoms with Crippen LogP contribution in [0.5, 0.6) is 5.88 Å². The molecule has 0 radical (unpaired) electrons. The van der Waals surface area contributed by atoms with Crippen LogP contribution < -0.4 is 4.74 Å². The van der Waals surface area contributed by atoms with Crippen molar-refractivity contribution in [2.24, 2.45) is 0 Å². The average Bonchev–Trinajstić information content (AvgIpc) is 3.37. The maximum Gasteiger partial charge on any atom is 0.225 e. The van der Waals surface area contributed by atoms with Crippen molar-refractivity contribution in [3.05, 3.63) is 16.8 Å². The van der Waals surface area contributed by atoms with Gasteiger partial charge in [0.1, 0.15) is 23.5 Å². The molecule has 0 N–H and O–H groups in total. The van der Waals surface area contributed by atoms with Crippen molar-refractivity contribution in [2.45, 2.75) is 77.2 Å². The molecule has 2 aliphatic carbocycles. The average molecular weight is 448 g/mol. The first-order chi connectivity index (χ1) is 15.3. The lowest BCUT2D eigenvalue weighted by Gasteiger charge is -2.23. The van der Waals surface area contributed by atoms with Crippen LogP contribution in [0.25, 0.3) is 10.2 Å². The molecule has 3 aliphatic rings. The predicted octanol–water partition coefficient (Wildman–Crippen LogP) is 5.00. The van der Waals surface area contributed by atoms with Crippen LogP contribution in [0, 0.1) is 0 Å². The highest BCUT2D eigenvalue weighted by Gasteiger charge is 2.30. The zero-order valence-electron chi connectivity index (χ0n) is 19.3. The van der Waals surface area contributed by atoms with Crippen molar-refractivity contribution in [1.29, 1.82) is 0 Å². The highest BCUT2D eigenvalue weighted by molar-refractivity contribution is 7.19. The summed E-state index contributed by atoms with van der Waals surface area (Å²) in [5.74, 6) is 1.06. The molecule has 0 amide bonds. The first-order valence-electron chi connectivity index (χ1n) is 11.9. The topological polar surface area (TPSA) is 64.5 Å². The van der Waals surface area contributed by atoms with Gasteiger partial charge >= 0.3 is 0 Å². The van der Waals surface area contributed by atoms with Crippen LogP contribution in [-0.4, -0.2) is 60.6 Å². The van der Waals surface area contributed by atoms with E-state index >= 15 is 0 Å². The van der Waals surface area contributed by atoms with Crippen LogP contribution in [0.2, 0.25) is 0 Å². The summed E-state index contributed by atoms with van der Waals surface area (Å²) in [6.45, 7) is 8.02. The Hall–Kier alpha value is -1.57. The van der Waals surface area contributed by atoms with E-state index in [1.807, 2.05) is 13.8 Å². The molecule has 2 fully saturated rings. The van der Waals surface area contributed by atoms with Crippen LogP contribution in [0.4, 0.5) is 0 Å². The summed E-state index contributed by atoms with van der Waals surface area (Å²) in [5, 5.41) is 1.08. The van der Waals surface area contributed by atoms with Gasteiger partial charge in [-0.3, -0.25) is 0 Å². The largest absolute Gasteiger partial charge is 0.474 e. The molecule has 3 heterocycles. The Balaban J connectivity index is 0.000000256. The molecule has 2 aromatic heterocycles. The van der Waals surface area contributed by atoms with Gasteiger partial charge < -0.3 is 19.2 Å². The minimum Gasteiger partial charge on any atom is -0.474 e. The number of aromatic nitrogens is 2. The number of aryl methyl sites for hydroxylation is 1. The fraction of sp³-hybridized carbons (Fsp3) is 0.708. The molecule has 2 aromatic rings. The van der Waals surface area contributed by atoms with E-state index in [4.69, 9.17) is 9.47 Å². The second-order valence-corrected chi connectivity index (χ2v) is 9.31. The number of carbonyl (C=O) groups is 1. The van der Waals surface area contributed by atoms with E-state index in [0.717, 1.165) is 74.4 Å². The maximum atomic E-state index is 11.0. The highest BCUT2D eigenvalue weighted by Crippen LogP contribution is 2.47. The number of carbonyl (C=O) groups excluding carboxylic acids is 1. The van der Waals surface area contributed by atoms with Crippen molar-refractivity contribution >= 4 is 27.8 Å². The molecule has 0 spiro atoms. The Labute approximate surface area is 190 Å². The molecule has 1 aliphatic heterocycles. The van der Waals surface area contributed by atoms with Gasteiger partial charge in [0, 0.05) is 24.4 Å². The fourth-order valence-corrected chi connectivity index (χ4v) is 5.71. The number of aldehydes is 1. The zero-order chi connectivity index (χ0) is 22.1. The molecule has 0 bridgehead atoms. The molecule has 5 rings (SSSR count). The van der Waals surface area contributed by atoms with Gasteiger partial charge in [0.15, 0.2) is 0 Å². The van der Waals surface area contributed by atoms with Crippen molar-refractivity contribution in [3.8, 4) is 5.88 Å². The molecule has 1 saturated carbocycles. The number of nitrogens with zero attached hydrogens (tertiary/aromatic N) is 3. The van der Waals surface area contributed by atoms with E-state index < -0.39 is 0 Å². The quantitative estimate of drug-likeness (QED) is 0.615. The number of hydrogen-bond donors (Lipinski definition) is 0. The van der Waals surface area contributed by atoms with Crippen LogP contribution in [0.15, 0.2) is 6.33 Å². The molecule has 7 heteroatoms. The number of ether oxygens (including phenoxy) is 2. The van der Waals surface area contributed by atoms with E-state index in [1.54, 1.807) is 17.7 Å². The van der Waals surface area contributed by atoms with Crippen molar-refractivity contribution in [1.82, 2.24) is 14.9 Å². The minimum absolute atomic E-state index is 0.285. The fourth-order valence-electron chi connectivity index (χ4n) is 4.48. The SMILES string of the molecule is CC.CN1CCOCC1.O=CC[C@H]1CCc2sc3ncnc(OC4CCCCC4)c3c21. The maximum absolute atomic E-state index is 11.0. The third kappa shape index (κ3) is 6.24. The van der Waals surface area contributed by atoms with Crippen molar-refractivity contribution in [3.63, 3.8) is 0 Å². The van der Waals surface area contributed by atoms with Gasteiger partial charge in [-0.05, 0) is 57.1 Å². The Morgan fingerprint density at radius 3 is 2.55 bits per heavy atom. The Morgan fingerprint density at radius 1 is 1.16 bits per heavy atom. The molecule has 0 aromatic carbocycles. The van der Waals surface area contributed by atoms with E-state index in [0.29, 0.717) is 12.3 Å². The van der Waals surface area contributed by atoms with E-state index in [1.165, 1.54) is 29.7 Å².